The number of rotatable bonds is 5. The van der Waals surface area contributed by atoms with E-state index < -0.39 is 0 Å². The highest BCUT2D eigenvalue weighted by atomic mass is 35.5. The molecule has 0 aliphatic carbocycles. The van der Waals surface area contributed by atoms with Gasteiger partial charge in [-0.1, -0.05) is 11.6 Å². The Bertz CT molecular complexity index is 387. The molecule has 0 aliphatic rings. The van der Waals surface area contributed by atoms with Crippen LogP contribution < -0.4 is 4.90 Å². The zero-order chi connectivity index (χ0) is 12.0. The number of anilines is 1. The summed E-state index contributed by atoms with van der Waals surface area (Å²) in [5, 5.41) is 9.24. The van der Waals surface area contributed by atoms with E-state index in [9.17, 15) is 0 Å². The third-order valence-electron chi connectivity index (χ3n) is 2.29. The second-order valence-electron chi connectivity index (χ2n) is 3.39. The normalized spacial score (nSPS) is 9.88. The van der Waals surface area contributed by atoms with Gasteiger partial charge in [-0.15, -0.1) is 0 Å². The largest absolute Gasteiger partial charge is 0.380 e. The molecule has 0 amide bonds. The topological polar surface area (TPSA) is 36.3 Å². The van der Waals surface area contributed by atoms with E-state index in [2.05, 4.69) is 0 Å². The van der Waals surface area contributed by atoms with Crippen LogP contribution in [0, 0.1) is 11.3 Å². The molecule has 0 N–H and O–H groups in total. The van der Waals surface area contributed by atoms with Crippen molar-refractivity contribution in [2.75, 3.05) is 31.7 Å². The molecule has 0 saturated heterocycles. The zero-order valence-corrected chi connectivity index (χ0v) is 10.3. The van der Waals surface area contributed by atoms with Crippen LogP contribution in [0.4, 0.5) is 5.69 Å². The lowest BCUT2D eigenvalue weighted by atomic mass is 10.2. The van der Waals surface area contributed by atoms with Gasteiger partial charge in [0.2, 0.25) is 0 Å². The van der Waals surface area contributed by atoms with Gasteiger partial charge in [-0.25, -0.2) is 0 Å². The van der Waals surface area contributed by atoms with Gasteiger partial charge in [0.25, 0.3) is 0 Å². The summed E-state index contributed by atoms with van der Waals surface area (Å²) in [5.41, 5.74) is 1.49. The quantitative estimate of drug-likeness (QED) is 0.740. The molecule has 0 spiro atoms. The highest BCUT2D eigenvalue weighted by molar-refractivity contribution is 6.32. The van der Waals surface area contributed by atoms with Crippen LogP contribution in [0.1, 0.15) is 12.5 Å². The van der Waals surface area contributed by atoms with E-state index in [1.165, 1.54) is 0 Å². The molecule has 0 bridgehead atoms. The van der Waals surface area contributed by atoms with Crippen LogP contribution in [0.3, 0.4) is 0 Å². The van der Waals surface area contributed by atoms with Crippen LogP contribution in [-0.4, -0.2) is 26.8 Å². The lowest BCUT2D eigenvalue weighted by molar-refractivity contribution is 0.154. The Morgan fingerprint density at radius 2 is 2.25 bits per heavy atom. The summed E-state index contributed by atoms with van der Waals surface area (Å²) >= 11 is 5.95. The average molecular weight is 239 g/mol. The maximum Gasteiger partial charge on any atom is 0.101 e. The molecule has 0 atom stereocenters. The highest BCUT2D eigenvalue weighted by Gasteiger charge is 2.04. The van der Waals surface area contributed by atoms with E-state index in [0.29, 0.717) is 17.2 Å². The molecule has 86 valence electrons. The van der Waals surface area contributed by atoms with Crippen molar-refractivity contribution in [2.45, 2.75) is 6.92 Å². The molecule has 3 nitrogen and oxygen atoms in total. The molecule has 0 unspecified atom stereocenters. The number of halogens is 1. The first-order chi connectivity index (χ1) is 7.69. The maximum atomic E-state index is 8.75. The van der Waals surface area contributed by atoms with E-state index in [4.69, 9.17) is 21.6 Å². The zero-order valence-electron chi connectivity index (χ0n) is 9.53. The predicted molar refractivity (Wildman–Crippen MR) is 65.9 cm³/mol. The van der Waals surface area contributed by atoms with E-state index in [1.54, 1.807) is 12.1 Å². The van der Waals surface area contributed by atoms with Crippen LogP contribution in [-0.2, 0) is 4.74 Å². The van der Waals surface area contributed by atoms with Crippen LogP contribution in [0.25, 0.3) is 0 Å². The summed E-state index contributed by atoms with van der Waals surface area (Å²) in [5.74, 6) is 0. The second-order valence-corrected chi connectivity index (χ2v) is 3.80. The molecule has 1 rings (SSSR count). The Labute approximate surface area is 101 Å². The Balaban J connectivity index is 2.66. The molecule has 0 radical (unpaired) electrons. The number of benzene rings is 1. The lowest BCUT2D eigenvalue weighted by Gasteiger charge is -2.19. The number of hydrogen-bond donors (Lipinski definition) is 0. The van der Waals surface area contributed by atoms with Crippen LogP contribution in [0.15, 0.2) is 18.2 Å². The van der Waals surface area contributed by atoms with Crippen molar-refractivity contribution in [2.24, 2.45) is 0 Å². The molecule has 0 aromatic heterocycles. The summed E-state index contributed by atoms with van der Waals surface area (Å²) in [4.78, 5) is 2.04. The van der Waals surface area contributed by atoms with E-state index in [1.807, 2.05) is 31.0 Å². The molecule has 0 saturated carbocycles. The monoisotopic (exact) mass is 238 g/mol. The fourth-order valence-electron chi connectivity index (χ4n) is 1.31. The minimum atomic E-state index is 0.489. The van der Waals surface area contributed by atoms with Gasteiger partial charge in [-0.05, 0) is 25.1 Å². The number of nitrogens with zero attached hydrogens (tertiary/aromatic N) is 2. The van der Waals surface area contributed by atoms with Crippen LogP contribution >= 0.6 is 11.6 Å². The summed E-state index contributed by atoms with van der Waals surface area (Å²) in [6, 6.07) is 7.45. The first kappa shape index (κ1) is 12.8. The van der Waals surface area contributed by atoms with Gasteiger partial charge in [0.1, 0.15) is 6.07 Å². The fraction of sp³-hybridized carbons (Fsp3) is 0.417. The Hall–Kier alpha value is -1.24. The van der Waals surface area contributed by atoms with Crippen molar-refractivity contribution in [1.82, 2.24) is 0 Å². The summed E-state index contributed by atoms with van der Waals surface area (Å²) < 4.78 is 5.27. The smallest absolute Gasteiger partial charge is 0.101 e. The van der Waals surface area contributed by atoms with Crippen molar-refractivity contribution < 1.29 is 4.74 Å². The van der Waals surface area contributed by atoms with Gasteiger partial charge in [0, 0.05) is 25.9 Å². The van der Waals surface area contributed by atoms with Gasteiger partial charge in [0.05, 0.1) is 17.2 Å². The Kier molecular flexibility index (Phi) is 5.10. The second kappa shape index (κ2) is 6.37. The molecule has 4 heteroatoms. The van der Waals surface area contributed by atoms with Gasteiger partial charge < -0.3 is 9.64 Å². The van der Waals surface area contributed by atoms with Crippen molar-refractivity contribution in [1.29, 1.82) is 5.26 Å². The number of ether oxygens (including phenoxy) is 1. The van der Waals surface area contributed by atoms with Crippen LogP contribution in [0.5, 0.6) is 0 Å². The van der Waals surface area contributed by atoms with Gasteiger partial charge >= 0.3 is 0 Å². The van der Waals surface area contributed by atoms with Crippen molar-refractivity contribution in [3.05, 3.63) is 28.8 Å². The molecular weight excluding hydrogens is 224 g/mol. The van der Waals surface area contributed by atoms with Gasteiger partial charge in [0.15, 0.2) is 0 Å². The SMILES string of the molecule is CCOCCN(C)c1ccc(C#N)c(Cl)c1. The number of likely N-dealkylation sites (N-methyl/N-ethyl adjacent to an activating group) is 1. The first-order valence-corrected chi connectivity index (χ1v) is 5.55. The fourth-order valence-corrected chi connectivity index (χ4v) is 1.52. The third-order valence-corrected chi connectivity index (χ3v) is 2.60. The molecular formula is C12H15ClN2O. The summed E-state index contributed by atoms with van der Waals surface area (Å²) in [6.45, 7) is 4.18. The molecule has 0 aliphatic heterocycles. The third kappa shape index (κ3) is 3.41. The Morgan fingerprint density at radius 1 is 1.50 bits per heavy atom. The summed E-state index contributed by atoms with van der Waals surface area (Å²) in [6.07, 6.45) is 0. The van der Waals surface area contributed by atoms with Gasteiger partial charge in [-0.2, -0.15) is 5.26 Å². The first-order valence-electron chi connectivity index (χ1n) is 5.17. The molecule has 0 heterocycles. The molecule has 1 aromatic rings. The van der Waals surface area contributed by atoms with E-state index >= 15 is 0 Å². The van der Waals surface area contributed by atoms with E-state index in [-0.39, 0.29) is 0 Å². The number of nitriles is 1. The highest BCUT2D eigenvalue weighted by Crippen LogP contribution is 2.22. The minimum Gasteiger partial charge on any atom is -0.380 e. The molecule has 1 aromatic carbocycles. The van der Waals surface area contributed by atoms with Gasteiger partial charge in [-0.3, -0.25) is 0 Å². The molecule has 0 fully saturated rings. The maximum absolute atomic E-state index is 8.75. The minimum absolute atomic E-state index is 0.489. The average Bonchev–Trinajstić information content (AvgIpc) is 2.29. The number of hydrogen-bond acceptors (Lipinski definition) is 3. The van der Waals surface area contributed by atoms with Crippen LogP contribution in [0.2, 0.25) is 5.02 Å². The lowest BCUT2D eigenvalue weighted by Crippen LogP contribution is -2.22. The Morgan fingerprint density at radius 3 is 2.81 bits per heavy atom. The molecule has 16 heavy (non-hydrogen) atoms. The standard InChI is InChI=1S/C12H15ClN2O/c1-3-16-7-6-15(2)11-5-4-10(9-14)12(13)8-11/h4-5,8H,3,6-7H2,1-2H3. The predicted octanol–water partition coefficient (Wildman–Crippen LogP) is 2.68. The van der Waals surface area contributed by atoms with Crippen molar-refractivity contribution in [3.8, 4) is 6.07 Å². The van der Waals surface area contributed by atoms with Crippen molar-refractivity contribution >= 4 is 17.3 Å². The summed E-state index contributed by atoms with van der Waals surface area (Å²) in [7, 11) is 1.97. The van der Waals surface area contributed by atoms with E-state index in [0.717, 1.165) is 18.8 Å². The van der Waals surface area contributed by atoms with Crippen molar-refractivity contribution in [3.63, 3.8) is 0 Å².